The normalized spacial score (nSPS) is 10.1. The minimum Gasteiger partial charge on any atom is -0.399 e. The summed E-state index contributed by atoms with van der Waals surface area (Å²) < 4.78 is 13.1. The van der Waals surface area contributed by atoms with Crippen LogP contribution >= 0.6 is 11.6 Å². The number of hydrogen-bond acceptors (Lipinski definition) is 3. The van der Waals surface area contributed by atoms with Crippen LogP contribution < -0.4 is 11.1 Å². The summed E-state index contributed by atoms with van der Waals surface area (Å²) >= 11 is 5.86. The number of nitrogens with one attached hydrogen (secondary N) is 1. The van der Waals surface area contributed by atoms with Crippen molar-refractivity contribution in [3.63, 3.8) is 0 Å². The molecular weight excluding hydrogens is 257 g/mol. The average molecular weight is 266 g/mol. The fourth-order valence-corrected chi connectivity index (χ4v) is 1.56. The zero-order valence-corrected chi connectivity index (χ0v) is 9.91. The van der Waals surface area contributed by atoms with Gasteiger partial charge in [0.15, 0.2) is 0 Å². The molecular formula is C12H9ClFN3O. The monoisotopic (exact) mass is 265 g/mol. The Kier molecular flexibility index (Phi) is 3.43. The van der Waals surface area contributed by atoms with E-state index in [1.807, 2.05) is 0 Å². The van der Waals surface area contributed by atoms with E-state index in [9.17, 15) is 9.18 Å². The van der Waals surface area contributed by atoms with Gasteiger partial charge in [-0.05, 0) is 24.3 Å². The average Bonchev–Trinajstić information content (AvgIpc) is 2.31. The molecule has 1 aromatic heterocycles. The Bertz CT molecular complexity index is 583. The van der Waals surface area contributed by atoms with Crippen molar-refractivity contribution in [2.24, 2.45) is 0 Å². The first-order valence-corrected chi connectivity index (χ1v) is 5.41. The molecule has 0 bridgehead atoms. The van der Waals surface area contributed by atoms with Gasteiger partial charge in [0.05, 0.1) is 16.9 Å². The van der Waals surface area contributed by atoms with Gasteiger partial charge in [-0.2, -0.15) is 0 Å². The Morgan fingerprint density at radius 2 is 2.17 bits per heavy atom. The molecule has 0 atom stereocenters. The van der Waals surface area contributed by atoms with E-state index in [1.165, 1.54) is 24.5 Å². The number of carbonyl (C=O) groups excluding carboxylic acids is 1. The SMILES string of the molecule is Nc1cc(F)cc(C(=O)Nc2cnccc2Cl)c1. The first-order valence-electron chi connectivity index (χ1n) is 5.03. The van der Waals surface area contributed by atoms with Gasteiger partial charge >= 0.3 is 0 Å². The predicted molar refractivity (Wildman–Crippen MR) is 68.0 cm³/mol. The van der Waals surface area contributed by atoms with Gasteiger partial charge in [-0.25, -0.2) is 4.39 Å². The number of halogens is 2. The van der Waals surface area contributed by atoms with E-state index in [1.54, 1.807) is 0 Å². The number of pyridine rings is 1. The van der Waals surface area contributed by atoms with Crippen LogP contribution in [0.5, 0.6) is 0 Å². The van der Waals surface area contributed by atoms with Crippen molar-refractivity contribution in [3.8, 4) is 0 Å². The van der Waals surface area contributed by atoms with Crippen LogP contribution in [0.4, 0.5) is 15.8 Å². The Balaban J connectivity index is 2.25. The number of carbonyl (C=O) groups is 1. The van der Waals surface area contributed by atoms with Crippen molar-refractivity contribution in [2.75, 3.05) is 11.1 Å². The van der Waals surface area contributed by atoms with E-state index in [4.69, 9.17) is 17.3 Å². The van der Waals surface area contributed by atoms with E-state index < -0.39 is 11.7 Å². The summed E-state index contributed by atoms with van der Waals surface area (Å²) in [5, 5.41) is 2.88. The summed E-state index contributed by atoms with van der Waals surface area (Å²) in [6.45, 7) is 0. The summed E-state index contributed by atoms with van der Waals surface area (Å²) in [5.41, 5.74) is 6.11. The molecule has 0 aliphatic rings. The van der Waals surface area contributed by atoms with E-state index in [2.05, 4.69) is 10.3 Å². The molecule has 0 saturated heterocycles. The standard InChI is InChI=1S/C12H9ClFN3O/c13-10-1-2-16-6-11(10)17-12(18)7-3-8(14)5-9(15)4-7/h1-6H,15H2,(H,17,18). The Hall–Kier alpha value is -2.14. The minimum absolute atomic E-state index is 0.118. The zero-order chi connectivity index (χ0) is 13.1. The van der Waals surface area contributed by atoms with Crippen LogP contribution in [-0.2, 0) is 0 Å². The van der Waals surface area contributed by atoms with E-state index in [-0.39, 0.29) is 11.3 Å². The number of nitrogen functional groups attached to an aromatic ring is 1. The molecule has 92 valence electrons. The van der Waals surface area contributed by atoms with Gasteiger partial charge in [0.25, 0.3) is 5.91 Å². The van der Waals surface area contributed by atoms with Gasteiger partial charge in [-0.3, -0.25) is 9.78 Å². The molecule has 0 fully saturated rings. The molecule has 0 saturated carbocycles. The molecule has 3 N–H and O–H groups in total. The predicted octanol–water partition coefficient (Wildman–Crippen LogP) is 2.71. The second kappa shape index (κ2) is 5.01. The van der Waals surface area contributed by atoms with Crippen molar-refractivity contribution in [1.82, 2.24) is 4.98 Å². The molecule has 1 amide bonds. The molecule has 0 unspecified atom stereocenters. The summed E-state index contributed by atoms with van der Waals surface area (Å²) in [7, 11) is 0. The number of aromatic nitrogens is 1. The maximum Gasteiger partial charge on any atom is 0.255 e. The van der Waals surface area contributed by atoms with Crippen LogP contribution in [0.2, 0.25) is 5.02 Å². The van der Waals surface area contributed by atoms with Crippen molar-refractivity contribution in [1.29, 1.82) is 0 Å². The second-order valence-corrected chi connectivity index (χ2v) is 3.99. The van der Waals surface area contributed by atoms with Gasteiger partial charge in [0.1, 0.15) is 5.82 Å². The molecule has 4 nitrogen and oxygen atoms in total. The third-order valence-electron chi connectivity index (χ3n) is 2.20. The number of nitrogens with two attached hydrogens (primary N) is 1. The van der Waals surface area contributed by atoms with Crippen LogP contribution in [0.25, 0.3) is 0 Å². The number of hydrogen-bond donors (Lipinski definition) is 2. The number of benzene rings is 1. The van der Waals surface area contributed by atoms with Crippen molar-refractivity contribution in [2.45, 2.75) is 0 Å². The third kappa shape index (κ3) is 2.75. The van der Waals surface area contributed by atoms with E-state index in [0.717, 1.165) is 12.1 Å². The minimum atomic E-state index is -0.572. The molecule has 1 heterocycles. The Morgan fingerprint density at radius 1 is 1.39 bits per heavy atom. The molecule has 0 aliphatic heterocycles. The molecule has 0 aliphatic carbocycles. The van der Waals surface area contributed by atoms with Crippen molar-refractivity contribution in [3.05, 3.63) is 53.1 Å². The smallest absolute Gasteiger partial charge is 0.255 e. The molecule has 0 radical (unpaired) electrons. The lowest BCUT2D eigenvalue weighted by Crippen LogP contribution is -2.13. The van der Waals surface area contributed by atoms with Crippen LogP contribution in [0.1, 0.15) is 10.4 Å². The molecule has 6 heteroatoms. The van der Waals surface area contributed by atoms with Crippen molar-refractivity contribution < 1.29 is 9.18 Å². The first-order chi connectivity index (χ1) is 8.56. The summed E-state index contributed by atoms with van der Waals surface area (Å²) in [5.74, 6) is -1.08. The second-order valence-electron chi connectivity index (χ2n) is 3.58. The quantitative estimate of drug-likeness (QED) is 0.821. The van der Waals surface area contributed by atoms with Crippen LogP contribution in [0, 0.1) is 5.82 Å². The molecule has 0 spiro atoms. The highest BCUT2D eigenvalue weighted by Gasteiger charge is 2.10. The van der Waals surface area contributed by atoms with Crippen molar-refractivity contribution >= 4 is 28.9 Å². The van der Waals surface area contributed by atoms with Crippen LogP contribution in [0.15, 0.2) is 36.7 Å². The highest BCUT2D eigenvalue weighted by atomic mass is 35.5. The van der Waals surface area contributed by atoms with Gasteiger partial charge in [-0.15, -0.1) is 0 Å². The lowest BCUT2D eigenvalue weighted by atomic mass is 10.2. The fourth-order valence-electron chi connectivity index (χ4n) is 1.41. The summed E-state index contributed by atoms with van der Waals surface area (Å²) in [6, 6.07) is 5.14. The number of nitrogens with zero attached hydrogens (tertiary/aromatic N) is 1. The molecule has 2 aromatic rings. The molecule has 18 heavy (non-hydrogen) atoms. The maximum absolute atomic E-state index is 13.1. The number of amides is 1. The number of anilines is 2. The summed E-state index contributed by atoms with van der Waals surface area (Å²) in [4.78, 5) is 15.7. The highest BCUT2D eigenvalue weighted by Crippen LogP contribution is 2.20. The van der Waals surface area contributed by atoms with Gasteiger partial charge < -0.3 is 11.1 Å². The first kappa shape index (κ1) is 12.3. The van der Waals surface area contributed by atoms with Gasteiger partial charge in [0, 0.05) is 17.4 Å². The van der Waals surface area contributed by atoms with Crippen LogP contribution in [0.3, 0.4) is 0 Å². The topological polar surface area (TPSA) is 68.0 Å². The third-order valence-corrected chi connectivity index (χ3v) is 2.53. The van der Waals surface area contributed by atoms with Gasteiger partial charge in [-0.1, -0.05) is 11.6 Å². The maximum atomic E-state index is 13.1. The molecule has 2 rings (SSSR count). The van der Waals surface area contributed by atoms with Crippen LogP contribution in [-0.4, -0.2) is 10.9 Å². The fraction of sp³-hybridized carbons (Fsp3) is 0. The zero-order valence-electron chi connectivity index (χ0n) is 9.15. The van der Waals surface area contributed by atoms with Gasteiger partial charge in [0.2, 0.25) is 0 Å². The molecule has 1 aromatic carbocycles. The number of rotatable bonds is 2. The lowest BCUT2D eigenvalue weighted by molar-refractivity contribution is 0.102. The Morgan fingerprint density at radius 3 is 2.83 bits per heavy atom. The summed E-state index contributed by atoms with van der Waals surface area (Å²) in [6.07, 6.45) is 2.90. The Labute approximate surface area is 108 Å². The largest absolute Gasteiger partial charge is 0.399 e. The van der Waals surface area contributed by atoms with E-state index in [0.29, 0.717) is 10.7 Å². The lowest BCUT2D eigenvalue weighted by Gasteiger charge is -2.07. The van der Waals surface area contributed by atoms with E-state index >= 15 is 0 Å². The highest BCUT2D eigenvalue weighted by molar-refractivity contribution is 6.33.